The molecule has 1 aromatic heterocycles. The fourth-order valence-corrected chi connectivity index (χ4v) is 3.04. The number of carbonyl (C=O) groups is 3. The van der Waals surface area contributed by atoms with E-state index in [1.54, 1.807) is 13.0 Å². The quantitative estimate of drug-likeness (QED) is 0.446. The van der Waals surface area contributed by atoms with E-state index in [1.807, 2.05) is 0 Å². The number of carbonyl (C=O) groups excluding carboxylic acids is 3. The number of halogens is 1. The third kappa shape index (κ3) is 2.77. The van der Waals surface area contributed by atoms with Crippen LogP contribution in [0, 0.1) is 0 Å². The lowest BCUT2D eigenvalue weighted by atomic mass is 9.92. The number of hydrogen-bond donors (Lipinski definition) is 0. The summed E-state index contributed by atoms with van der Waals surface area (Å²) in [6, 6.07) is 3.69. The fourth-order valence-electron chi connectivity index (χ4n) is 2.80. The van der Waals surface area contributed by atoms with Crippen molar-refractivity contribution < 1.29 is 28.7 Å². The number of aromatic nitrogens is 1. The molecular formula is C17H15ClN2O6. The van der Waals surface area contributed by atoms with Gasteiger partial charge in [-0.15, -0.1) is 0 Å². The third-order valence-electron chi connectivity index (χ3n) is 3.93. The van der Waals surface area contributed by atoms with Crippen molar-refractivity contribution in [2.45, 2.75) is 13.0 Å². The summed E-state index contributed by atoms with van der Waals surface area (Å²) >= 11 is 6.17. The molecule has 0 spiro atoms. The molecule has 0 saturated carbocycles. The first-order valence-electron chi connectivity index (χ1n) is 7.69. The monoisotopic (exact) mass is 378 g/mol. The molecule has 136 valence electrons. The molecule has 3 rings (SSSR count). The van der Waals surface area contributed by atoms with Gasteiger partial charge in [-0.25, -0.2) is 9.78 Å². The average Bonchev–Trinajstić information content (AvgIpc) is 2.65. The maximum absolute atomic E-state index is 12.1. The number of nitrogens with zero attached hydrogens (tertiary/aromatic N) is 2. The van der Waals surface area contributed by atoms with Crippen LogP contribution in [0.15, 0.2) is 18.2 Å². The second-order valence-corrected chi connectivity index (χ2v) is 5.86. The molecule has 0 N–H and O–H groups in total. The number of pyridine rings is 1. The highest BCUT2D eigenvalue weighted by molar-refractivity contribution is 6.44. The molecule has 1 fully saturated rings. The minimum atomic E-state index is -0.954. The summed E-state index contributed by atoms with van der Waals surface area (Å²) < 4.78 is 9.90. The van der Waals surface area contributed by atoms with Crippen molar-refractivity contribution in [1.82, 2.24) is 10.0 Å². The topological polar surface area (TPSA) is 95.0 Å². The average molecular weight is 379 g/mol. The van der Waals surface area contributed by atoms with Gasteiger partial charge in [0.05, 0.1) is 26.3 Å². The van der Waals surface area contributed by atoms with Gasteiger partial charge in [0.2, 0.25) is 5.88 Å². The standard InChI is InChI=1S/C17H15ClN2O6/c1-4-26-20-13(14(21)16(20)22)10-7-9(18)5-8-6-11(17(23)25-3)15(24-2)19-12(8)10/h5-7,13H,4H2,1-3H3. The summed E-state index contributed by atoms with van der Waals surface area (Å²) in [4.78, 5) is 45.4. The van der Waals surface area contributed by atoms with E-state index in [1.165, 1.54) is 26.4 Å². The van der Waals surface area contributed by atoms with Crippen LogP contribution in [0.5, 0.6) is 5.88 Å². The van der Waals surface area contributed by atoms with Crippen LogP contribution in [-0.2, 0) is 19.2 Å². The summed E-state index contributed by atoms with van der Waals surface area (Å²) in [6.45, 7) is 1.92. The van der Waals surface area contributed by atoms with E-state index in [0.29, 0.717) is 21.5 Å². The number of methoxy groups -OCH3 is 2. The van der Waals surface area contributed by atoms with Gasteiger partial charge in [-0.2, -0.15) is 5.06 Å². The fraction of sp³-hybridized carbons (Fsp3) is 0.294. The van der Waals surface area contributed by atoms with Crippen LogP contribution in [0.1, 0.15) is 28.9 Å². The van der Waals surface area contributed by atoms with Gasteiger partial charge >= 0.3 is 11.9 Å². The van der Waals surface area contributed by atoms with Crippen LogP contribution >= 0.6 is 11.6 Å². The van der Waals surface area contributed by atoms with Crippen LogP contribution in [0.2, 0.25) is 5.02 Å². The third-order valence-corrected chi connectivity index (χ3v) is 4.15. The molecule has 9 heteroatoms. The first-order valence-corrected chi connectivity index (χ1v) is 8.07. The van der Waals surface area contributed by atoms with Gasteiger partial charge in [0.15, 0.2) is 6.04 Å². The highest BCUT2D eigenvalue weighted by Crippen LogP contribution is 2.38. The summed E-state index contributed by atoms with van der Waals surface area (Å²) in [5, 5.41) is 1.81. The van der Waals surface area contributed by atoms with Gasteiger partial charge in [0.25, 0.3) is 5.78 Å². The van der Waals surface area contributed by atoms with Crippen molar-refractivity contribution in [3.8, 4) is 5.88 Å². The number of ketones is 1. The number of β-lactam (4-membered cyclic amide) rings is 1. The first-order chi connectivity index (χ1) is 12.4. The Balaban J connectivity index is 2.22. The largest absolute Gasteiger partial charge is 0.480 e. The molecule has 8 nitrogen and oxygen atoms in total. The second kappa shape index (κ2) is 6.89. The SMILES string of the molecule is CCON1C(=O)C(=O)C1c1cc(Cl)cc2cc(C(=O)OC)c(OC)nc12. The van der Waals surface area contributed by atoms with Crippen LogP contribution in [0.4, 0.5) is 0 Å². The van der Waals surface area contributed by atoms with Crippen LogP contribution in [0.3, 0.4) is 0 Å². The van der Waals surface area contributed by atoms with E-state index < -0.39 is 23.7 Å². The Bertz CT molecular complexity index is 929. The molecule has 1 saturated heterocycles. The van der Waals surface area contributed by atoms with E-state index in [9.17, 15) is 14.4 Å². The molecule has 2 aromatic rings. The number of ether oxygens (including phenoxy) is 2. The minimum absolute atomic E-state index is 0.0361. The molecule has 1 aromatic carbocycles. The number of esters is 1. The lowest BCUT2D eigenvalue weighted by Crippen LogP contribution is -2.55. The number of hydroxylamine groups is 2. The normalized spacial score (nSPS) is 16.6. The van der Waals surface area contributed by atoms with Gasteiger partial charge in [-0.05, 0) is 25.1 Å². The van der Waals surface area contributed by atoms with Gasteiger partial charge in [-0.3, -0.25) is 14.4 Å². The van der Waals surface area contributed by atoms with Crippen LogP contribution < -0.4 is 4.74 Å². The predicted octanol–water partition coefficient (Wildman–Crippen LogP) is 2.09. The summed E-state index contributed by atoms with van der Waals surface area (Å²) in [7, 11) is 2.61. The summed E-state index contributed by atoms with van der Waals surface area (Å²) in [5.41, 5.74) is 0.878. The smallest absolute Gasteiger partial charge is 0.343 e. The first kappa shape index (κ1) is 18.1. The van der Waals surface area contributed by atoms with Crippen molar-refractivity contribution >= 4 is 40.2 Å². The molecule has 1 aliphatic rings. The number of hydrogen-bond acceptors (Lipinski definition) is 7. The number of rotatable bonds is 5. The highest BCUT2D eigenvalue weighted by atomic mass is 35.5. The van der Waals surface area contributed by atoms with E-state index >= 15 is 0 Å². The van der Waals surface area contributed by atoms with E-state index in [4.69, 9.17) is 25.9 Å². The maximum Gasteiger partial charge on any atom is 0.343 e. The Morgan fingerprint density at radius 1 is 1.27 bits per heavy atom. The second-order valence-electron chi connectivity index (χ2n) is 5.42. The van der Waals surface area contributed by atoms with Crippen molar-refractivity contribution in [3.05, 3.63) is 34.3 Å². The molecule has 0 aliphatic carbocycles. The molecule has 1 atom stereocenters. The molecule has 2 heterocycles. The molecular weight excluding hydrogens is 364 g/mol. The predicted molar refractivity (Wildman–Crippen MR) is 90.9 cm³/mol. The van der Waals surface area contributed by atoms with Gasteiger partial charge in [0, 0.05) is 16.0 Å². The van der Waals surface area contributed by atoms with E-state index in [0.717, 1.165) is 5.06 Å². The Morgan fingerprint density at radius 2 is 2.00 bits per heavy atom. The zero-order valence-corrected chi connectivity index (χ0v) is 15.0. The van der Waals surface area contributed by atoms with Crippen LogP contribution in [0.25, 0.3) is 10.9 Å². The zero-order valence-electron chi connectivity index (χ0n) is 14.2. The molecule has 0 radical (unpaired) electrons. The number of Topliss-reactive ketones (excluding diaryl/α,β-unsaturated/α-hetero) is 1. The van der Waals surface area contributed by atoms with Crippen molar-refractivity contribution in [2.75, 3.05) is 20.8 Å². The summed E-state index contributed by atoms with van der Waals surface area (Å²) in [5.74, 6) is -1.94. The number of fused-ring (bicyclic) bond motifs is 1. The van der Waals surface area contributed by atoms with Crippen LogP contribution in [-0.4, -0.2) is 48.5 Å². The zero-order chi connectivity index (χ0) is 19.0. The Kier molecular flexibility index (Phi) is 4.80. The Hall–Kier alpha value is -2.71. The van der Waals surface area contributed by atoms with Crippen molar-refractivity contribution in [3.63, 3.8) is 0 Å². The molecule has 0 bridgehead atoms. The lowest BCUT2D eigenvalue weighted by Gasteiger charge is -2.37. The van der Waals surface area contributed by atoms with Gasteiger partial charge in [0.1, 0.15) is 5.56 Å². The van der Waals surface area contributed by atoms with Crippen molar-refractivity contribution in [2.24, 2.45) is 0 Å². The molecule has 1 amide bonds. The summed E-state index contributed by atoms with van der Waals surface area (Å²) in [6.07, 6.45) is 0. The maximum atomic E-state index is 12.1. The van der Waals surface area contributed by atoms with Gasteiger partial charge in [-0.1, -0.05) is 11.6 Å². The molecule has 26 heavy (non-hydrogen) atoms. The number of benzene rings is 1. The Morgan fingerprint density at radius 3 is 2.62 bits per heavy atom. The minimum Gasteiger partial charge on any atom is -0.480 e. The van der Waals surface area contributed by atoms with E-state index in [2.05, 4.69) is 4.98 Å². The van der Waals surface area contributed by atoms with E-state index in [-0.39, 0.29) is 18.1 Å². The lowest BCUT2D eigenvalue weighted by molar-refractivity contribution is -0.221. The molecule has 1 aliphatic heterocycles. The highest BCUT2D eigenvalue weighted by Gasteiger charge is 2.49. The van der Waals surface area contributed by atoms with Gasteiger partial charge < -0.3 is 9.47 Å². The van der Waals surface area contributed by atoms with Crippen molar-refractivity contribution in [1.29, 1.82) is 0 Å². The Labute approximate surface area is 153 Å². The molecule has 1 unspecified atom stereocenters. The number of amides is 1.